The Morgan fingerprint density at radius 1 is 1.29 bits per heavy atom. The molecule has 1 rings (SSSR count). The highest BCUT2D eigenvalue weighted by Gasteiger charge is 2.21. The summed E-state index contributed by atoms with van der Waals surface area (Å²) in [5, 5.41) is 3.15. The van der Waals surface area contributed by atoms with Crippen molar-refractivity contribution in [3.63, 3.8) is 0 Å². The maximum absolute atomic E-state index is 12.2. The number of halogens is 2. The van der Waals surface area contributed by atoms with E-state index in [2.05, 4.69) is 5.32 Å². The molecule has 0 saturated carbocycles. The number of alkyl halides is 2. The minimum atomic E-state index is -4.04. The van der Waals surface area contributed by atoms with Gasteiger partial charge in [0, 0.05) is 12.6 Å². The van der Waals surface area contributed by atoms with Gasteiger partial charge in [0.1, 0.15) is 10.6 Å². The maximum atomic E-state index is 12.2. The fourth-order valence-corrected chi connectivity index (χ4v) is 2.84. The third-order valence-corrected chi connectivity index (χ3v) is 4.10. The van der Waals surface area contributed by atoms with Crippen molar-refractivity contribution >= 4 is 10.0 Å². The van der Waals surface area contributed by atoms with Crippen LogP contribution in [-0.4, -0.2) is 34.5 Å². The van der Waals surface area contributed by atoms with Crippen LogP contribution in [0.15, 0.2) is 23.1 Å². The molecule has 0 aliphatic rings. The summed E-state index contributed by atoms with van der Waals surface area (Å²) in [5.74, 6) is 0.116. The summed E-state index contributed by atoms with van der Waals surface area (Å²) in [6, 6.07) is 4.89. The Labute approximate surface area is 123 Å². The normalized spacial score (nSPS) is 12.1. The molecule has 2 N–H and O–H groups in total. The number of sulfonamides is 1. The Bertz CT molecular complexity index is 563. The van der Waals surface area contributed by atoms with Gasteiger partial charge in [0.25, 0.3) is 6.43 Å². The van der Waals surface area contributed by atoms with Crippen LogP contribution in [0, 0.1) is 0 Å². The van der Waals surface area contributed by atoms with Gasteiger partial charge in [-0.05, 0) is 17.7 Å². The first-order valence-corrected chi connectivity index (χ1v) is 7.92. The van der Waals surface area contributed by atoms with Crippen molar-refractivity contribution in [2.45, 2.75) is 37.8 Å². The van der Waals surface area contributed by atoms with E-state index >= 15 is 0 Å². The summed E-state index contributed by atoms with van der Waals surface area (Å²) in [5.41, 5.74) is 0.724. The molecule has 0 saturated heterocycles. The molecule has 1 aromatic carbocycles. The Morgan fingerprint density at radius 2 is 1.95 bits per heavy atom. The third-order valence-electron chi connectivity index (χ3n) is 2.66. The summed E-state index contributed by atoms with van der Waals surface area (Å²) in [7, 11) is -2.72. The van der Waals surface area contributed by atoms with Crippen LogP contribution in [0.5, 0.6) is 5.75 Å². The van der Waals surface area contributed by atoms with Crippen molar-refractivity contribution in [2.75, 3.05) is 13.7 Å². The summed E-state index contributed by atoms with van der Waals surface area (Å²) in [6.45, 7) is 3.47. The van der Waals surface area contributed by atoms with Crippen molar-refractivity contribution in [1.29, 1.82) is 0 Å². The van der Waals surface area contributed by atoms with Crippen molar-refractivity contribution < 1.29 is 21.9 Å². The molecule has 120 valence electrons. The van der Waals surface area contributed by atoms with Crippen molar-refractivity contribution in [1.82, 2.24) is 10.0 Å². The van der Waals surface area contributed by atoms with E-state index in [0.717, 1.165) is 5.56 Å². The fourth-order valence-electron chi connectivity index (χ4n) is 1.61. The van der Waals surface area contributed by atoms with Gasteiger partial charge in [0.2, 0.25) is 10.0 Å². The second-order valence-corrected chi connectivity index (χ2v) is 6.50. The first-order chi connectivity index (χ1) is 9.76. The second-order valence-electron chi connectivity index (χ2n) is 4.76. The number of benzene rings is 1. The fraction of sp³-hybridized carbons (Fsp3) is 0.538. The molecule has 0 fully saturated rings. The van der Waals surface area contributed by atoms with E-state index < -0.39 is 23.0 Å². The average molecular weight is 322 g/mol. The molecule has 21 heavy (non-hydrogen) atoms. The van der Waals surface area contributed by atoms with Crippen LogP contribution in [0.25, 0.3) is 0 Å². The van der Waals surface area contributed by atoms with Gasteiger partial charge < -0.3 is 10.1 Å². The number of nitrogens with one attached hydrogen (secondary N) is 2. The zero-order chi connectivity index (χ0) is 16.0. The maximum Gasteiger partial charge on any atom is 0.251 e. The lowest BCUT2D eigenvalue weighted by Gasteiger charge is -2.13. The SMILES string of the molecule is COc1ccc(CNC(C)C)cc1S(=O)(=O)NCC(F)F. The molecule has 5 nitrogen and oxygen atoms in total. The van der Waals surface area contributed by atoms with Crippen LogP contribution in [0.1, 0.15) is 19.4 Å². The van der Waals surface area contributed by atoms with Crippen LogP contribution in [0.2, 0.25) is 0 Å². The number of methoxy groups -OCH3 is 1. The smallest absolute Gasteiger partial charge is 0.251 e. The molecule has 8 heteroatoms. The monoisotopic (exact) mass is 322 g/mol. The largest absolute Gasteiger partial charge is 0.495 e. The van der Waals surface area contributed by atoms with Gasteiger partial charge in [-0.25, -0.2) is 21.9 Å². The van der Waals surface area contributed by atoms with Gasteiger partial charge in [-0.1, -0.05) is 19.9 Å². The zero-order valence-electron chi connectivity index (χ0n) is 12.2. The van der Waals surface area contributed by atoms with Gasteiger partial charge in [-0.15, -0.1) is 0 Å². The Balaban J connectivity index is 3.04. The Hall–Kier alpha value is -1.25. The molecule has 0 aliphatic carbocycles. The molecular formula is C13H20F2N2O3S. The summed E-state index contributed by atoms with van der Waals surface area (Å²) in [4.78, 5) is -0.145. The number of hydrogen-bond donors (Lipinski definition) is 2. The number of rotatable bonds is 8. The first kappa shape index (κ1) is 17.8. The molecule has 0 unspecified atom stereocenters. The third kappa shape index (κ3) is 5.56. The first-order valence-electron chi connectivity index (χ1n) is 6.44. The van der Waals surface area contributed by atoms with Crippen molar-refractivity contribution in [3.8, 4) is 5.75 Å². The van der Waals surface area contributed by atoms with Crippen LogP contribution in [0.4, 0.5) is 8.78 Å². The minimum Gasteiger partial charge on any atom is -0.495 e. The summed E-state index contributed by atoms with van der Waals surface area (Å²) >= 11 is 0. The molecule has 0 aliphatic heterocycles. The van der Waals surface area contributed by atoms with Gasteiger partial charge >= 0.3 is 0 Å². The van der Waals surface area contributed by atoms with Crippen molar-refractivity contribution in [3.05, 3.63) is 23.8 Å². The van der Waals surface area contributed by atoms with Crippen LogP contribution in [0.3, 0.4) is 0 Å². The van der Waals surface area contributed by atoms with E-state index in [4.69, 9.17) is 4.74 Å². The zero-order valence-corrected chi connectivity index (χ0v) is 13.0. The molecule has 1 aromatic rings. The molecular weight excluding hydrogens is 302 g/mol. The van der Waals surface area contributed by atoms with E-state index in [1.807, 2.05) is 18.6 Å². The molecule has 0 heterocycles. The van der Waals surface area contributed by atoms with Crippen LogP contribution in [-0.2, 0) is 16.6 Å². The second kappa shape index (κ2) is 7.67. The van der Waals surface area contributed by atoms with E-state index in [1.165, 1.54) is 19.2 Å². The van der Waals surface area contributed by atoms with Crippen LogP contribution < -0.4 is 14.8 Å². The summed E-state index contributed by atoms with van der Waals surface area (Å²) in [6.07, 6.45) is -2.75. The Morgan fingerprint density at radius 3 is 2.48 bits per heavy atom. The van der Waals surface area contributed by atoms with E-state index in [9.17, 15) is 17.2 Å². The molecule has 0 bridgehead atoms. The van der Waals surface area contributed by atoms with Gasteiger partial charge in [0.15, 0.2) is 0 Å². The predicted molar refractivity (Wildman–Crippen MR) is 76.2 cm³/mol. The quantitative estimate of drug-likeness (QED) is 0.765. The van der Waals surface area contributed by atoms with E-state index in [0.29, 0.717) is 6.54 Å². The minimum absolute atomic E-state index is 0.116. The molecule has 0 aromatic heterocycles. The van der Waals surface area contributed by atoms with Gasteiger partial charge in [-0.3, -0.25) is 0 Å². The van der Waals surface area contributed by atoms with Gasteiger partial charge in [-0.2, -0.15) is 0 Å². The molecule has 0 spiro atoms. The topological polar surface area (TPSA) is 67.4 Å². The molecule has 0 amide bonds. The van der Waals surface area contributed by atoms with E-state index in [-0.39, 0.29) is 16.7 Å². The van der Waals surface area contributed by atoms with Gasteiger partial charge in [0.05, 0.1) is 13.7 Å². The highest BCUT2D eigenvalue weighted by molar-refractivity contribution is 7.89. The Kier molecular flexibility index (Phi) is 6.50. The number of hydrogen-bond acceptors (Lipinski definition) is 4. The lowest BCUT2D eigenvalue weighted by molar-refractivity contribution is 0.153. The highest BCUT2D eigenvalue weighted by Crippen LogP contribution is 2.25. The molecule has 0 radical (unpaired) electrons. The molecule has 0 atom stereocenters. The predicted octanol–water partition coefficient (Wildman–Crippen LogP) is 1.74. The standard InChI is InChI=1S/C13H20F2N2O3S/c1-9(2)16-7-10-4-5-11(20-3)12(6-10)21(18,19)17-8-13(14)15/h4-6,9,13,16-17H,7-8H2,1-3H3. The number of ether oxygens (including phenoxy) is 1. The lowest BCUT2D eigenvalue weighted by Crippen LogP contribution is -2.29. The van der Waals surface area contributed by atoms with Crippen molar-refractivity contribution in [2.24, 2.45) is 0 Å². The van der Waals surface area contributed by atoms with Crippen LogP contribution >= 0.6 is 0 Å². The summed E-state index contributed by atoms with van der Waals surface area (Å²) < 4.78 is 55.3. The average Bonchev–Trinajstić information content (AvgIpc) is 2.42. The highest BCUT2D eigenvalue weighted by atomic mass is 32.2. The lowest BCUT2D eigenvalue weighted by atomic mass is 10.2. The van der Waals surface area contributed by atoms with E-state index in [1.54, 1.807) is 6.07 Å².